The first-order valence-electron chi connectivity index (χ1n) is 14.8. The monoisotopic (exact) mass is 490 g/mol. The number of amidine groups is 1. The van der Waals surface area contributed by atoms with Crippen molar-refractivity contribution in [3.8, 4) is 0 Å². The van der Waals surface area contributed by atoms with Gasteiger partial charge in [-0.15, -0.1) is 0 Å². The number of aliphatic imine (C=N–C) groups is 1. The highest BCUT2D eigenvalue weighted by atomic mass is 16.4. The molecule has 0 fully saturated rings. The first-order valence-corrected chi connectivity index (χ1v) is 14.8. The lowest BCUT2D eigenvalue weighted by Gasteiger charge is -2.34. The molecule has 2 atom stereocenters. The summed E-state index contributed by atoms with van der Waals surface area (Å²) in [6, 6.07) is 0. The number of hydrogen-bond donors (Lipinski definition) is 2. The van der Waals surface area contributed by atoms with E-state index in [4.69, 9.17) is 5.73 Å². The fraction of sp³-hybridized carbons (Fsp3) is 0.800. The van der Waals surface area contributed by atoms with Gasteiger partial charge in [0, 0.05) is 13.3 Å². The molecule has 0 saturated carbocycles. The smallest absolute Gasteiger partial charge is 0.360 e. The number of rotatable bonds is 24. The van der Waals surface area contributed by atoms with Crippen LogP contribution >= 0.6 is 0 Å². The summed E-state index contributed by atoms with van der Waals surface area (Å²) in [6.07, 6.45) is 34.2. The highest BCUT2D eigenvalue weighted by Gasteiger charge is 2.40. The van der Waals surface area contributed by atoms with Gasteiger partial charge in [0.05, 0.1) is 6.20 Å². The Morgan fingerprint density at radius 3 is 1.77 bits per heavy atom. The van der Waals surface area contributed by atoms with Crippen LogP contribution < -0.4 is 5.73 Å². The maximum atomic E-state index is 11.3. The summed E-state index contributed by atoms with van der Waals surface area (Å²) in [5, 5.41) is 9.29. The zero-order chi connectivity index (χ0) is 25.6. The number of nitrogens with two attached hydrogens (primary N) is 1. The maximum Gasteiger partial charge on any atom is 0.360 e. The number of carbonyl (C=O) groups is 1. The molecule has 0 spiro atoms. The molecule has 5 nitrogen and oxygen atoms in total. The summed E-state index contributed by atoms with van der Waals surface area (Å²) in [6.45, 7) is 4.12. The topological polar surface area (TPSA) is 75.7 Å². The molecule has 0 radical (unpaired) electrons. The summed E-state index contributed by atoms with van der Waals surface area (Å²) < 4.78 is 0.169. The summed E-state index contributed by atoms with van der Waals surface area (Å²) in [4.78, 5) is 15.8. The lowest BCUT2D eigenvalue weighted by molar-refractivity contribution is -0.805. The molecule has 5 heteroatoms. The van der Waals surface area contributed by atoms with Crippen molar-refractivity contribution < 1.29 is 14.4 Å². The number of carboxylic acid groups (broad SMARTS) is 1. The molecule has 0 bridgehead atoms. The van der Waals surface area contributed by atoms with Crippen LogP contribution in [-0.2, 0) is 4.79 Å². The van der Waals surface area contributed by atoms with E-state index < -0.39 is 5.97 Å². The normalized spacial score (nSPS) is 18.4. The zero-order valence-electron chi connectivity index (χ0n) is 23.1. The third-order valence-electron chi connectivity index (χ3n) is 7.32. The quantitative estimate of drug-likeness (QED) is 0.0809. The lowest BCUT2D eigenvalue weighted by Crippen LogP contribution is -2.59. The predicted molar refractivity (Wildman–Crippen MR) is 150 cm³/mol. The average molecular weight is 491 g/mol. The van der Waals surface area contributed by atoms with E-state index in [-0.39, 0.29) is 17.2 Å². The van der Waals surface area contributed by atoms with Crippen molar-refractivity contribution >= 4 is 11.8 Å². The molecule has 202 valence electrons. The van der Waals surface area contributed by atoms with Gasteiger partial charge in [-0.1, -0.05) is 109 Å². The van der Waals surface area contributed by atoms with E-state index >= 15 is 0 Å². The molecule has 35 heavy (non-hydrogen) atoms. The number of quaternary nitrogens is 1. The number of allylic oxidation sites excluding steroid dienone is 2. The summed E-state index contributed by atoms with van der Waals surface area (Å²) in [7, 11) is 0. The van der Waals surface area contributed by atoms with Gasteiger partial charge in [0.15, 0.2) is 6.54 Å². The van der Waals surface area contributed by atoms with E-state index in [1.807, 2.05) is 13.1 Å². The Morgan fingerprint density at radius 2 is 1.31 bits per heavy atom. The Morgan fingerprint density at radius 1 is 0.857 bits per heavy atom. The number of hydrogen-bond acceptors (Lipinski definition) is 3. The van der Waals surface area contributed by atoms with E-state index in [0.29, 0.717) is 0 Å². The van der Waals surface area contributed by atoms with E-state index in [2.05, 4.69) is 24.1 Å². The second-order valence-corrected chi connectivity index (χ2v) is 10.5. The minimum absolute atomic E-state index is 0.0271. The third kappa shape index (κ3) is 14.6. The summed E-state index contributed by atoms with van der Waals surface area (Å²) in [5.41, 5.74) is 6.13. The van der Waals surface area contributed by atoms with Gasteiger partial charge in [-0.3, -0.25) is 5.73 Å². The summed E-state index contributed by atoms with van der Waals surface area (Å²) >= 11 is 0. The Bertz CT molecular complexity index is 627. The molecular formula is C30H56N3O2+. The minimum Gasteiger partial charge on any atom is -0.477 e. The van der Waals surface area contributed by atoms with Gasteiger partial charge in [-0.25, -0.2) is 14.3 Å². The highest BCUT2D eigenvalue weighted by Crippen LogP contribution is 2.23. The predicted octanol–water partition coefficient (Wildman–Crippen LogP) is 8.45. The van der Waals surface area contributed by atoms with Crippen LogP contribution in [0.3, 0.4) is 0 Å². The van der Waals surface area contributed by atoms with E-state index in [0.717, 1.165) is 18.7 Å². The largest absolute Gasteiger partial charge is 0.477 e. The van der Waals surface area contributed by atoms with Crippen LogP contribution in [-0.4, -0.2) is 34.1 Å². The Kier molecular flexibility index (Phi) is 18.7. The Hall–Kier alpha value is -1.46. The SMILES string of the molecule is CCCCCCCCCCCC/C=C/CCCCCCCCCC1=NC=C[N+]1(CC(=O)O)C(C)N. The first kappa shape index (κ1) is 31.6. The molecular weight excluding hydrogens is 434 g/mol. The van der Waals surface area contributed by atoms with Gasteiger partial charge in [0.1, 0.15) is 12.4 Å². The van der Waals surface area contributed by atoms with Crippen LogP contribution in [0.1, 0.15) is 142 Å². The second kappa shape index (κ2) is 20.7. The molecule has 2 unspecified atom stereocenters. The van der Waals surface area contributed by atoms with Crippen molar-refractivity contribution in [1.82, 2.24) is 0 Å². The third-order valence-corrected chi connectivity index (χ3v) is 7.32. The molecule has 0 aliphatic carbocycles. The molecule has 0 saturated heterocycles. The van der Waals surface area contributed by atoms with Gasteiger partial charge in [-0.2, -0.15) is 0 Å². The molecule has 1 aliphatic heterocycles. The fourth-order valence-electron chi connectivity index (χ4n) is 5.00. The zero-order valence-corrected chi connectivity index (χ0v) is 23.1. The van der Waals surface area contributed by atoms with Crippen molar-refractivity contribution in [2.75, 3.05) is 6.54 Å². The van der Waals surface area contributed by atoms with Crippen LogP contribution in [0.2, 0.25) is 0 Å². The molecule has 3 N–H and O–H groups in total. The number of aliphatic carboxylic acids is 1. The molecule has 1 heterocycles. The van der Waals surface area contributed by atoms with Crippen LogP contribution in [0.4, 0.5) is 0 Å². The minimum atomic E-state index is -0.838. The maximum absolute atomic E-state index is 11.3. The summed E-state index contributed by atoms with van der Waals surface area (Å²) in [5.74, 6) is 0.0576. The lowest BCUT2D eigenvalue weighted by atomic mass is 10.1. The van der Waals surface area contributed by atoms with Crippen molar-refractivity contribution in [2.45, 2.75) is 148 Å². The van der Waals surface area contributed by atoms with E-state index in [9.17, 15) is 9.90 Å². The van der Waals surface area contributed by atoms with Gasteiger partial charge >= 0.3 is 5.97 Å². The van der Waals surface area contributed by atoms with Crippen molar-refractivity contribution in [3.05, 3.63) is 24.6 Å². The van der Waals surface area contributed by atoms with E-state index in [1.165, 1.54) is 116 Å². The molecule has 1 aliphatic rings. The van der Waals surface area contributed by atoms with Gasteiger partial charge in [0.2, 0.25) is 5.84 Å². The molecule has 0 aromatic carbocycles. The van der Waals surface area contributed by atoms with Gasteiger partial charge < -0.3 is 5.11 Å². The molecule has 0 aromatic rings. The molecule has 0 aromatic heterocycles. The highest BCUT2D eigenvalue weighted by molar-refractivity contribution is 5.81. The Labute approximate surface area is 216 Å². The van der Waals surface area contributed by atoms with Gasteiger partial charge in [-0.05, 0) is 32.1 Å². The molecule has 0 amide bonds. The van der Waals surface area contributed by atoms with Crippen LogP contribution in [0.15, 0.2) is 29.5 Å². The average Bonchev–Trinajstić information content (AvgIpc) is 3.23. The standard InChI is InChI=1S/C30H55N3O2/c1-3-4-5-6-7-8-9-10-11-12-13-14-15-16-17-18-19-20-21-22-23-24-29-32-25-26-33(29,28(2)31)27-30(34)35/h14-15,25-26,28H,3-13,16-24,27,31H2,1-2H3/p+1/b15-14+. The van der Waals surface area contributed by atoms with Crippen molar-refractivity contribution in [2.24, 2.45) is 10.7 Å². The number of unbranched alkanes of at least 4 members (excludes halogenated alkanes) is 17. The Balaban J connectivity index is 1.90. The second-order valence-electron chi connectivity index (χ2n) is 10.5. The van der Waals surface area contributed by atoms with Crippen LogP contribution in [0.5, 0.6) is 0 Å². The number of carboxylic acids is 1. The van der Waals surface area contributed by atoms with Crippen molar-refractivity contribution in [3.63, 3.8) is 0 Å². The van der Waals surface area contributed by atoms with Crippen LogP contribution in [0, 0.1) is 0 Å². The van der Waals surface area contributed by atoms with E-state index in [1.54, 1.807) is 6.20 Å². The molecule has 1 rings (SSSR count). The number of nitrogens with zero attached hydrogens (tertiary/aromatic N) is 2. The first-order chi connectivity index (χ1) is 17.0. The fourth-order valence-corrected chi connectivity index (χ4v) is 5.00. The van der Waals surface area contributed by atoms with Crippen LogP contribution in [0.25, 0.3) is 0 Å². The van der Waals surface area contributed by atoms with Crippen molar-refractivity contribution in [1.29, 1.82) is 0 Å². The van der Waals surface area contributed by atoms with Gasteiger partial charge in [0.25, 0.3) is 0 Å².